The molecule has 0 radical (unpaired) electrons. The van der Waals surface area contributed by atoms with Crippen LogP contribution in [-0.2, 0) is 22.7 Å². The number of hydrogen-bond acceptors (Lipinski definition) is 4. The van der Waals surface area contributed by atoms with Gasteiger partial charge in [-0.1, -0.05) is 51.1 Å². The summed E-state index contributed by atoms with van der Waals surface area (Å²) in [6.07, 6.45) is 2.14. The second kappa shape index (κ2) is 8.05. The highest BCUT2D eigenvalue weighted by Gasteiger charge is 2.28. The van der Waals surface area contributed by atoms with E-state index in [0.717, 1.165) is 24.1 Å². The van der Waals surface area contributed by atoms with Crippen molar-refractivity contribution in [1.29, 1.82) is 0 Å². The Morgan fingerprint density at radius 2 is 1.96 bits per heavy atom. The molecule has 1 saturated carbocycles. The zero-order chi connectivity index (χ0) is 19.4. The molecule has 1 aliphatic carbocycles. The van der Waals surface area contributed by atoms with E-state index < -0.39 is 5.41 Å². The Morgan fingerprint density at radius 1 is 1.26 bits per heavy atom. The summed E-state index contributed by atoms with van der Waals surface area (Å²) in [5, 5.41) is 7.26. The first-order chi connectivity index (χ1) is 12.8. The smallest absolute Gasteiger partial charge is 0.290 e. The lowest BCUT2D eigenvalue weighted by Crippen LogP contribution is -2.34. The summed E-state index contributed by atoms with van der Waals surface area (Å²) in [4.78, 5) is 25.0. The average molecular weight is 369 g/mol. The molecule has 144 valence electrons. The van der Waals surface area contributed by atoms with Crippen molar-refractivity contribution < 1.29 is 9.53 Å². The van der Waals surface area contributed by atoms with E-state index in [9.17, 15) is 9.59 Å². The van der Waals surface area contributed by atoms with Gasteiger partial charge >= 0.3 is 0 Å². The molecule has 0 unspecified atom stereocenters. The largest absolute Gasteiger partial charge is 0.375 e. The number of anilines is 1. The molecule has 27 heavy (non-hydrogen) atoms. The molecule has 0 bridgehead atoms. The van der Waals surface area contributed by atoms with Crippen LogP contribution in [0.5, 0.6) is 0 Å². The maximum absolute atomic E-state index is 12.7. The number of carbonyl (C=O) groups is 1. The van der Waals surface area contributed by atoms with Gasteiger partial charge in [0.05, 0.1) is 25.5 Å². The standard InChI is InChI=1S/C21H27N3O3/c1-21(2,3)20(26)22-18-13-17(16-9-10-16)23-24(19(18)25)11-12-27-14-15-7-5-4-6-8-15/h4-8,13,16H,9-12,14H2,1-3H3,(H,22,26). The fraction of sp³-hybridized carbons (Fsp3) is 0.476. The Balaban J connectivity index is 1.70. The molecule has 1 aromatic heterocycles. The van der Waals surface area contributed by atoms with Gasteiger partial charge in [0.15, 0.2) is 0 Å². The van der Waals surface area contributed by atoms with Crippen molar-refractivity contribution in [2.75, 3.05) is 11.9 Å². The van der Waals surface area contributed by atoms with Gasteiger partial charge in [0.1, 0.15) is 5.69 Å². The third-order valence-corrected chi connectivity index (χ3v) is 4.48. The molecule has 1 N–H and O–H groups in total. The number of nitrogens with zero attached hydrogens (tertiary/aromatic N) is 2. The summed E-state index contributed by atoms with van der Waals surface area (Å²) in [6, 6.07) is 11.6. The molecular weight excluding hydrogens is 342 g/mol. The molecule has 0 atom stereocenters. The molecule has 6 heteroatoms. The van der Waals surface area contributed by atoms with Gasteiger partial charge in [0, 0.05) is 11.3 Å². The topological polar surface area (TPSA) is 73.2 Å². The van der Waals surface area contributed by atoms with Crippen LogP contribution in [0.4, 0.5) is 5.69 Å². The van der Waals surface area contributed by atoms with E-state index >= 15 is 0 Å². The van der Waals surface area contributed by atoms with Crippen molar-refractivity contribution in [3.63, 3.8) is 0 Å². The number of hydrogen-bond donors (Lipinski definition) is 1. The molecule has 1 heterocycles. The molecular formula is C21H27N3O3. The first kappa shape index (κ1) is 19.3. The number of aromatic nitrogens is 2. The SMILES string of the molecule is CC(C)(C)C(=O)Nc1cc(C2CC2)nn(CCOCc2ccccc2)c1=O. The highest BCUT2D eigenvalue weighted by molar-refractivity contribution is 5.94. The van der Waals surface area contributed by atoms with Crippen molar-refractivity contribution in [1.82, 2.24) is 9.78 Å². The predicted octanol–water partition coefficient (Wildman–Crippen LogP) is 3.32. The lowest BCUT2D eigenvalue weighted by atomic mass is 9.95. The fourth-order valence-electron chi connectivity index (χ4n) is 2.61. The lowest BCUT2D eigenvalue weighted by Gasteiger charge is -2.18. The monoisotopic (exact) mass is 369 g/mol. The first-order valence-electron chi connectivity index (χ1n) is 9.40. The summed E-state index contributed by atoms with van der Waals surface area (Å²) in [5.74, 6) is 0.201. The van der Waals surface area contributed by atoms with Gasteiger partial charge in [-0.05, 0) is 24.5 Å². The Hall–Kier alpha value is -2.47. The maximum atomic E-state index is 12.7. The lowest BCUT2D eigenvalue weighted by molar-refractivity contribution is -0.123. The second-order valence-electron chi connectivity index (χ2n) is 8.03. The zero-order valence-electron chi connectivity index (χ0n) is 16.2. The van der Waals surface area contributed by atoms with Crippen LogP contribution >= 0.6 is 0 Å². The average Bonchev–Trinajstić information content (AvgIpc) is 3.46. The van der Waals surface area contributed by atoms with E-state index in [4.69, 9.17) is 4.74 Å². The summed E-state index contributed by atoms with van der Waals surface area (Å²) >= 11 is 0. The Kier molecular flexibility index (Phi) is 5.75. The van der Waals surface area contributed by atoms with Crippen LogP contribution < -0.4 is 10.9 Å². The van der Waals surface area contributed by atoms with E-state index in [1.54, 1.807) is 6.07 Å². The summed E-state index contributed by atoms with van der Waals surface area (Å²) in [5.41, 5.74) is 1.39. The third-order valence-electron chi connectivity index (χ3n) is 4.48. The van der Waals surface area contributed by atoms with E-state index in [1.165, 1.54) is 4.68 Å². The van der Waals surface area contributed by atoms with Crippen LogP contribution in [-0.4, -0.2) is 22.3 Å². The molecule has 3 rings (SSSR count). The van der Waals surface area contributed by atoms with Crippen molar-refractivity contribution in [2.45, 2.75) is 52.7 Å². The zero-order valence-corrected chi connectivity index (χ0v) is 16.2. The Morgan fingerprint density at radius 3 is 2.59 bits per heavy atom. The van der Waals surface area contributed by atoms with Gasteiger partial charge in [-0.15, -0.1) is 0 Å². The van der Waals surface area contributed by atoms with Crippen molar-refractivity contribution in [3.8, 4) is 0 Å². The number of ether oxygens (including phenoxy) is 1. The van der Waals surface area contributed by atoms with Crippen LogP contribution in [0.15, 0.2) is 41.2 Å². The number of amides is 1. The molecule has 6 nitrogen and oxygen atoms in total. The molecule has 0 spiro atoms. The molecule has 1 aromatic carbocycles. The molecule has 0 aliphatic heterocycles. The van der Waals surface area contributed by atoms with Gasteiger partial charge in [-0.2, -0.15) is 5.10 Å². The van der Waals surface area contributed by atoms with Gasteiger partial charge in [-0.3, -0.25) is 9.59 Å². The van der Waals surface area contributed by atoms with E-state index in [2.05, 4.69) is 10.4 Å². The highest BCUT2D eigenvalue weighted by atomic mass is 16.5. The van der Waals surface area contributed by atoms with Gasteiger partial charge in [0.2, 0.25) is 5.91 Å². The number of carbonyl (C=O) groups excluding carboxylic acids is 1. The minimum Gasteiger partial charge on any atom is -0.375 e. The van der Waals surface area contributed by atoms with E-state index in [0.29, 0.717) is 31.4 Å². The second-order valence-corrected chi connectivity index (χ2v) is 8.03. The first-order valence-corrected chi connectivity index (χ1v) is 9.40. The molecule has 0 saturated heterocycles. The van der Waals surface area contributed by atoms with Crippen LogP contribution in [0.2, 0.25) is 0 Å². The van der Waals surface area contributed by atoms with Crippen LogP contribution in [0.1, 0.15) is 50.8 Å². The quantitative estimate of drug-likeness (QED) is 0.760. The van der Waals surface area contributed by atoms with E-state index in [1.807, 2.05) is 51.1 Å². The van der Waals surface area contributed by atoms with Gasteiger partial charge in [-0.25, -0.2) is 4.68 Å². The third kappa shape index (κ3) is 5.26. The van der Waals surface area contributed by atoms with Gasteiger partial charge in [0.25, 0.3) is 5.56 Å². The van der Waals surface area contributed by atoms with Crippen molar-refractivity contribution >= 4 is 11.6 Å². The predicted molar refractivity (Wildman–Crippen MR) is 105 cm³/mol. The Bertz CT molecular complexity index is 849. The Labute approximate surface area is 159 Å². The number of rotatable bonds is 7. The minimum absolute atomic E-state index is 0.181. The van der Waals surface area contributed by atoms with Crippen LogP contribution in [0.3, 0.4) is 0 Å². The summed E-state index contributed by atoms with van der Waals surface area (Å²) < 4.78 is 7.10. The van der Waals surface area contributed by atoms with Crippen LogP contribution in [0.25, 0.3) is 0 Å². The molecule has 1 amide bonds. The minimum atomic E-state index is -0.570. The molecule has 1 fully saturated rings. The van der Waals surface area contributed by atoms with Crippen LogP contribution in [0, 0.1) is 5.41 Å². The summed E-state index contributed by atoms with van der Waals surface area (Å²) in [6.45, 7) is 6.68. The highest BCUT2D eigenvalue weighted by Crippen LogP contribution is 2.39. The molecule has 1 aliphatic rings. The summed E-state index contributed by atoms with van der Waals surface area (Å²) in [7, 11) is 0. The van der Waals surface area contributed by atoms with Gasteiger partial charge < -0.3 is 10.1 Å². The number of benzene rings is 1. The van der Waals surface area contributed by atoms with Crippen molar-refractivity contribution in [2.24, 2.45) is 5.41 Å². The molecule has 2 aromatic rings. The number of nitrogens with one attached hydrogen (secondary N) is 1. The normalized spacial score (nSPS) is 14.2. The fourth-order valence-corrected chi connectivity index (χ4v) is 2.61. The maximum Gasteiger partial charge on any atom is 0.290 e. The van der Waals surface area contributed by atoms with Crippen molar-refractivity contribution in [3.05, 3.63) is 58.0 Å². The van der Waals surface area contributed by atoms with E-state index in [-0.39, 0.29) is 11.5 Å².